The number of rotatable bonds is 3. The maximum Gasteiger partial charge on any atom is 0.350 e. The molecule has 3 rings (SSSR count). The molecule has 8 heteroatoms. The maximum absolute atomic E-state index is 11.8. The van der Waals surface area contributed by atoms with E-state index >= 15 is 0 Å². The van der Waals surface area contributed by atoms with Crippen LogP contribution in [0, 0.1) is 0 Å². The van der Waals surface area contributed by atoms with Gasteiger partial charge >= 0.3 is 11.9 Å². The Labute approximate surface area is 146 Å². The van der Waals surface area contributed by atoms with Gasteiger partial charge in [0, 0.05) is 31.9 Å². The van der Waals surface area contributed by atoms with E-state index in [1.54, 1.807) is 23.0 Å². The summed E-state index contributed by atoms with van der Waals surface area (Å²) in [5.74, 6) is -2.69. The molecular weight excluding hydrogens is 378 g/mol. The van der Waals surface area contributed by atoms with Crippen LogP contribution in [-0.2, 0) is 19.1 Å². The van der Waals surface area contributed by atoms with Gasteiger partial charge in [-0.15, -0.1) is 0 Å². The summed E-state index contributed by atoms with van der Waals surface area (Å²) < 4.78 is 12.6. The molecular formula is C16H14BrN3O4. The average Bonchev–Trinajstić information content (AvgIpc) is 2.92. The van der Waals surface area contributed by atoms with Crippen LogP contribution in [0.15, 0.2) is 52.9 Å². The van der Waals surface area contributed by atoms with Gasteiger partial charge in [-0.05, 0) is 40.2 Å². The van der Waals surface area contributed by atoms with Gasteiger partial charge < -0.3 is 14.8 Å². The summed E-state index contributed by atoms with van der Waals surface area (Å²) in [5.41, 5.74) is 1.38. The lowest BCUT2D eigenvalue weighted by molar-refractivity contribution is -0.222. The predicted molar refractivity (Wildman–Crippen MR) is 89.2 cm³/mol. The molecule has 124 valence electrons. The summed E-state index contributed by atoms with van der Waals surface area (Å²) in [6.45, 7) is 3.00. The fourth-order valence-corrected chi connectivity index (χ4v) is 2.37. The van der Waals surface area contributed by atoms with Crippen molar-refractivity contribution in [3.8, 4) is 5.69 Å². The smallest absolute Gasteiger partial charge is 0.350 e. The van der Waals surface area contributed by atoms with Crippen LogP contribution in [0.2, 0.25) is 0 Å². The lowest BCUT2D eigenvalue weighted by atomic mass is 10.2. The number of nitrogens with zero attached hydrogens (tertiary/aromatic N) is 2. The molecule has 1 aromatic carbocycles. The van der Waals surface area contributed by atoms with Crippen molar-refractivity contribution < 1.29 is 19.1 Å². The Morgan fingerprint density at radius 3 is 2.33 bits per heavy atom. The van der Waals surface area contributed by atoms with E-state index in [0.29, 0.717) is 5.69 Å². The Hall–Kier alpha value is -2.61. The summed E-state index contributed by atoms with van der Waals surface area (Å²) in [6, 6.07) is 7.29. The van der Waals surface area contributed by atoms with Crippen molar-refractivity contribution in [2.45, 2.75) is 19.6 Å². The van der Waals surface area contributed by atoms with Gasteiger partial charge in [0.05, 0.1) is 16.4 Å². The first kappa shape index (κ1) is 16.3. The quantitative estimate of drug-likeness (QED) is 0.492. The molecule has 1 aliphatic heterocycles. The lowest BCUT2D eigenvalue weighted by Crippen LogP contribution is -2.42. The number of hydrogen-bond donors (Lipinski definition) is 1. The molecule has 0 unspecified atom stereocenters. The van der Waals surface area contributed by atoms with E-state index in [1.165, 1.54) is 20.0 Å². The fourth-order valence-electron chi connectivity index (χ4n) is 2.09. The Kier molecular flexibility index (Phi) is 4.15. The first-order chi connectivity index (χ1) is 11.3. The highest BCUT2D eigenvalue weighted by molar-refractivity contribution is 9.10. The van der Waals surface area contributed by atoms with Crippen LogP contribution in [0.3, 0.4) is 0 Å². The van der Waals surface area contributed by atoms with Crippen LogP contribution in [0.25, 0.3) is 5.69 Å². The molecule has 1 aliphatic rings. The largest absolute Gasteiger partial charge is 0.419 e. The zero-order valence-electron chi connectivity index (χ0n) is 12.9. The normalized spacial score (nSPS) is 16.4. The van der Waals surface area contributed by atoms with E-state index in [1.807, 2.05) is 18.3 Å². The predicted octanol–water partition coefficient (Wildman–Crippen LogP) is 2.77. The number of carbonyl (C=O) groups is 2. The van der Waals surface area contributed by atoms with E-state index in [-0.39, 0.29) is 5.57 Å². The van der Waals surface area contributed by atoms with Crippen molar-refractivity contribution >= 4 is 33.6 Å². The Morgan fingerprint density at radius 2 is 1.79 bits per heavy atom. The first-order valence-electron chi connectivity index (χ1n) is 7.08. The van der Waals surface area contributed by atoms with Crippen LogP contribution in [0.4, 0.5) is 5.69 Å². The molecule has 0 aliphatic carbocycles. The first-order valence-corrected chi connectivity index (χ1v) is 7.87. The molecule has 0 radical (unpaired) electrons. The van der Waals surface area contributed by atoms with Gasteiger partial charge in [0.1, 0.15) is 0 Å². The fraction of sp³-hybridized carbons (Fsp3) is 0.188. The van der Waals surface area contributed by atoms with Crippen molar-refractivity contribution in [3.05, 3.63) is 52.9 Å². The molecule has 2 aromatic rings. The number of halogens is 1. The molecule has 1 N–H and O–H groups in total. The maximum atomic E-state index is 11.8. The van der Waals surface area contributed by atoms with Gasteiger partial charge in [-0.1, -0.05) is 0 Å². The monoisotopic (exact) mass is 391 g/mol. The third-order valence-corrected chi connectivity index (χ3v) is 3.59. The van der Waals surface area contributed by atoms with E-state index < -0.39 is 17.7 Å². The number of carbonyl (C=O) groups excluding carboxylic acids is 2. The minimum atomic E-state index is -1.24. The third-order valence-electron chi connectivity index (χ3n) is 3.18. The number of nitrogens with one attached hydrogen (secondary N) is 1. The molecule has 2 heterocycles. The van der Waals surface area contributed by atoms with Crippen molar-refractivity contribution in [3.63, 3.8) is 0 Å². The highest BCUT2D eigenvalue weighted by Crippen LogP contribution is 2.23. The number of cyclic esters (lactones) is 2. The van der Waals surface area contributed by atoms with Crippen LogP contribution in [-0.4, -0.2) is 27.5 Å². The van der Waals surface area contributed by atoms with E-state index in [9.17, 15) is 9.59 Å². The summed E-state index contributed by atoms with van der Waals surface area (Å²) in [7, 11) is 0. The van der Waals surface area contributed by atoms with Crippen molar-refractivity contribution in [2.75, 3.05) is 5.32 Å². The summed E-state index contributed by atoms with van der Waals surface area (Å²) in [5, 5.41) is 7.07. The van der Waals surface area contributed by atoms with Crippen LogP contribution in [0.5, 0.6) is 0 Å². The van der Waals surface area contributed by atoms with Crippen molar-refractivity contribution in [2.24, 2.45) is 0 Å². The molecule has 1 saturated heterocycles. The highest BCUT2D eigenvalue weighted by atomic mass is 79.9. The minimum absolute atomic E-state index is 0.186. The second-order valence-electron chi connectivity index (χ2n) is 5.53. The van der Waals surface area contributed by atoms with Gasteiger partial charge in [-0.2, -0.15) is 5.10 Å². The van der Waals surface area contributed by atoms with Gasteiger partial charge in [0.25, 0.3) is 5.79 Å². The van der Waals surface area contributed by atoms with E-state index in [4.69, 9.17) is 9.47 Å². The van der Waals surface area contributed by atoms with Crippen LogP contribution < -0.4 is 5.32 Å². The van der Waals surface area contributed by atoms with Gasteiger partial charge in [0.2, 0.25) is 0 Å². The molecule has 0 saturated carbocycles. The highest BCUT2D eigenvalue weighted by Gasteiger charge is 2.38. The second-order valence-corrected chi connectivity index (χ2v) is 6.45. The van der Waals surface area contributed by atoms with Crippen molar-refractivity contribution in [1.29, 1.82) is 0 Å². The molecule has 0 bridgehead atoms. The topological polar surface area (TPSA) is 82.5 Å². The number of benzene rings is 1. The summed E-state index contributed by atoms with van der Waals surface area (Å²) in [6.07, 6.45) is 4.80. The zero-order chi connectivity index (χ0) is 17.3. The van der Waals surface area contributed by atoms with Crippen LogP contribution in [0.1, 0.15) is 13.8 Å². The van der Waals surface area contributed by atoms with E-state index in [0.717, 1.165) is 10.2 Å². The van der Waals surface area contributed by atoms with E-state index in [2.05, 4.69) is 26.3 Å². The molecule has 0 amide bonds. The minimum Gasteiger partial charge on any atom is -0.419 e. The van der Waals surface area contributed by atoms with Crippen molar-refractivity contribution in [1.82, 2.24) is 9.78 Å². The standard InChI is InChI=1S/C16H14BrN3O4/c1-16(2)23-14(21)13(15(22)24-16)8-18-11-3-5-12(6-4-11)20-9-10(17)7-19-20/h3-9,18H,1-2H3. The van der Waals surface area contributed by atoms with Gasteiger partial charge in [-0.3, -0.25) is 0 Å². The lowest BCUT2D eigenvalue weighted by Gasteiger charge is -2.29. The zero-order valence-corrected chi connectivity index (χ0v) is 14.5. The Bertz CT molecular complexity index is 802. The number of esters is 2. The third kappa shape index (κ3) is 3.48. The Balaban J connectivity index is 1.72. The summed E-state index contributed by atoms with van der Waals surface area (Å²) >= 11 is 3.34. The molecule has 1 fully saturated rings. The van der Waals surface area contributed by atoms with Gasteiger partial charge in [0.15, 0.2) is 5.57 Å². The Morgan fingerprint density at radius 1 is 1.17 bits per heavy atom. The number of aromatic nitrogens is 2. The molecule has 7 nitrogen and oxygen atoms in total. The molecule has 24 heavy (non-hydrogen) atoms. The average molecular weight is 392 g/mol. The molecule has 1 aromatic heterocycles. The summed E-state index contributed by atoms with van der Waals surface area (Å²) in [4.78, 5) is 23.7. The van der Waals surface area contributed by atoms with Crippen LogP contribution >= 0.6 is 15.9 Å². The number of anilines is 1. The molecule has 0 spiro atoms. The SMILES string of the molecule is CC1(C)OC(=O)C(=CNc2ccc(-n3cc(Br)cn3)cc2)C(=O)O1. The van der Waals surface area contributed by atoms with Gasteiger partial charge in [-0.25, -0.2) is 14.3 Å². The second kappa shape index (κ2) is 6.12. The molecule has 0 atom stereocenters. The number of ether oxygens (including phenoxy) is 2. The number of hydrogen-bond acceptors (Lipinski definition) is 6.